The van der Waals surface area contributed by atoms with Crippen molar-refractivity contribution in [3.05, 3.63) is 28.7 Å². The Bertz CT molecular complexity index is 446. The minimum absolute atomic E-state index is 0.121. The fraction of sp³-hybridized carbons (Fsp3) is 0.385. The van der Waals surface area contributed by atoms with Crippen molar-refractivity contribution < 1.29 is 14.3 Å². The molecule has 1 amide bonds. The highest BCUT2D eigenvalue weighted by atomic mass is 79.9. The number of halogens is 1. The Labute approximate surface area is 115 Å². The first-order valence-corrected chi connectivity index (χ1v) is 6.39. The Morgan fingerprint density at radius 2 is 2.00 bits per heavy atom. The van der Waals surface area contributed by atoms with E-state index in [0.717, 1.165) is 4.47 Å². The Hall–Kier alpha value is -1.36. The number of hydrogen-bond acceptors (Lipinski definition) is 3. The minimum atomic E-state index is -0.797. The van der Waals surface area contributed by atoms with Crippen LogP contribution >= 0.6 is 15.9 Å². The van der Waals surface area contributed by atoms with Gasteiger partial charge in [-0.1, -0.05) is 35.8 Å². The molecule has 0 aliphatic heterocycles. The van der Waals surface area contributed by atoms with E-state index in [9.17, 15) is 9.59 Å². The van der Waals surface area contributed by atoms with Crippen molar-refractivity contribution in [2.24, 2.45) is 11.8 Å². The van der Waals surface area contributed by atoms with Gasteiger partial charge in [0.25, 0.3) is 0 Å². The number of hydrogen-bond donors (Lipinski definition) is 1. The van der Waals surface area contributed by atoms with Gasteiger partial charge in [0, 0.05) is 10.2 Å². The smallest absolute Gasteiger partial charge is 0.318 e. The van der Waals surface area contributed by atoms with E-state index in [-0.39, 0.29) is 11.8 Å². The topological polar surface area (TPSA) is 55.4 Å². The van der Waals surface area contributed by atoms with Gasteiger partial charge in [-0.2, -0.15) is 0 Å². The lowest BCUT2D eigenvalue weighted by molar-refractivity contribution is -0.150. The molecule has 1 unspecified atom stereocenters. The van der Waals surface area contributed by atoms with E-state index in [1.165, 1.54) is 7.11 Å². The maximum Gasteiger partial charge on any atom is 0.318 e. The summed E-state index contributed by atoms with van der Waals surface area (Å²) < 4.78 is 5.51. The summed E-state index contributed by atoms with van der Waals surface area (Å²) in [7, 11) is 1.28. The van der Waals surface area contributed by atoms with Crippen molar-refractivity contribution >= 4 is 33.5 Å². The summed E-state index contributed by atoms with van der Waals surface area (Å²) in [6.45, 7) is 3.62. The molecule has 1 aromatic rings. The number of rotatable bonds is 4. The molecule has 0 saturated carbocycles. The standard InChI is InChI=1S/C13H16BrNO3/c1-8(2)11(13(17)18-3)12(16)15-10-6-4-5-9(14)7-10/h4-8,11H,1-3H3,(H,15,16). The number of ether oxygens (including phenoxy) is 1. The summed E-state index contributed by atoms with van der Waals surface area (Å²) in [5.74, 6) is -1.79. The van der Waals surface area contributed by atoms with E-state index >= 15 is 0 Å². The molecule has 0 aliphatic rings. The van der Waals surface area contributed by atoms with Crippen molar-refractivity contribution in [1.82, 2.24) is 0 Å². The molecule has 4 nitrogen and oxygen atoms in total. The van der Waals surface area contributed by atoms with Gasteiger partial charge in [0.2, 0.25) is 5.91 Å². The number of esters is 1. The van der Waals surface area contributed by atoms with E-state index in [0.29, 0.717) is 5.69 Å². The van der Waals surface area contributed by atoms with Crippen LogP contribution in [0.1, 0.15) is 13.8 Å². The van der Waals surface area contributed by atoms with E-state index in [1.54, 1.807) is 12.1 Å². The monoisotopic (exact) mass is 313 g/mol. The molecule has 0 heterocycles. The summed E-state index contributed by atoms with van der Waals surface area (Å²) in [4.78, 5) is 23.6. The van der Waals surface area contributed by atoms with Gasteiger partial charge < -0.3 is 10.1 Å². The summed E-state index contributed by atoms with van der Waals surface area (Å²) in [6, 6.07) is 7.20. The maximum atomic E-state index is 12.0. The largest absolute Gasteiger partial charge is 0.468 e. The number of carbonyl (C=O) groups is 2. The molecule has 1 N–H and O–H groups in total. The summed E-state index contributed by atoms with van der Waals surface area (Å²) in [5.41, 5.74) is 0.643. The van der Waals surface area contributed by atoms with Crippen molar-refractivity contribution in [3.8, 4) is 0 Å². The molecule has 0 aromatic heterocycles. The first kappa shape index (κ1) is 14.7. The van der Waals surface area contributed by atoms with Crippen molar-refractivity contribution in [3.63, 3.8) is 0 Å². The average molecular weight is 314 g/mol. The molecular weight excluding hydrogens is 298 g/mol. The Kier molecular flexibility index (Phi) is 5.34. The second-order valence-electron chi connectivity index (χ2n) is 4.24. The normalized spacial score (nSPS) is 12.1. The van der Waals surface area contributed by atoms with E-state index in [2.05, 4.69) is 26.0 Å². The Morgan fingerprint density at radius 1 is 1.33 bits per heavy atom. The van der Waals surface area contributed by atoms with Crippen molar-refractivity contribution in [2.45, 2.75) is 13.8 Å². The number of amides is 1. The molecule has 18 heavy (non-hydrogen) atoms. The summed E-state index contributed by atoms with van der Waals surface area (Å²) in [5, 5.41) is 2.71. The van der Waals surface area contributed by atoms with Gasteiger partial charge in [0.05, 0.1) is 7.11 Å². The fourth-order valence-electron chi connectivity index (χ4n) is 1.60. The molecule has 1 atom stereocenters. The van der Waals surface area contributed by atoms with E-state index in [4.69, 9.17) is 0 Å². The molecule has 0 fully saturated rings. The zero-order valence-corrected chi connectivity index (χ0v) is 12.2. The predicted molar refractivity (Wildman–Crippen MR) is 73.1 cm³/mol. The first-order valence-electron chi connectivity index (χ1n) is 5.60. The van der Waals surface area contributed by atoms with Crippen LogP contribution in [0.5, 0.6) is 0 Å². The quantitative estimate of drug-likeness (QED) is 0.687. The molecule has 0 saturated heterocycles. The molecule has 5 heteroatoms. The van der Waals surface area contributed by atoms with Crippen LogP contribution in [0.3, 0.4) is 0 Å². The fourth-order valence-corrected chi connectivity index (χ4v) is 1.99. The van der Waals surface area contributed by atoms with Crippen LogP contribution in [-0.4, -0.2) is 19.0 Å². The highest BCUT2D eigenvalue weighted by Gasteiger charge is 2.30. The van der Waals surface area contributed by atoms with E-state index in [1.807, 2.05) is 26.0 Å². The SMILES string of the molecule is COC(=O)C(C(=O)Nc1cccc(Br)c1)C(C)C. The van der Waals surface area contributed by atoms with Gasteiger partial charge in [0.15, 0.2) is 0 Å². The van der Waals surface area contributed by atoms with Gasteiger partial charge in [-0.25, -0.2) is 0 Å². The summed E-state index contributed by atoms with van der Waals surface area (Å²) >= 11 is 3.32. The molecule has 0 bridgehead atoms. The van der Waals surface area contributed by atoms with Gasteiger partial charge in [0.1, 0.15) is 5.92 Å². The number of benzene rings is 1. The van der Waals surface area contributed by atoms with Crippen LogP contribution < -0.4 is 5.32 Å². The van der Waals surface area contributed by atoms with Crippen LogP contribution in [0, 0.1) is 11.8 Å². The van der Waals surface area contributed by atoms with Gasteiger partial charge in [-0.15, -0.1) is 0 Å². The number of methoxy groups -OCH3 is 1. The van der Waals surface area contributed by atoms with Crippen molar-refractivity contribution in [2.75, 3.05) is 12.4 Å². The van der Waals surface area contributed by atoms with Gasteiger partial charge in [-0.05, 0) is 24.1 Å². The van der Waals surface area contributed by atoms with Crippen molar-refractivity contribution in [1.29, 1.82) is 0 Å². The minimum Gasteiger partial charge on any atom is -0.468 e. The second kappa shape index (κ2) is 6.54. The van der Waals surface area contributed by atoms with Crippen LogP contribution in [-0.2, 0) is 14.3 Å². The van der Waals surface area contributed by atoms with Crippen LogP contribution in [0.15, 0.2) is 28.7 Å². The zero-order chi connectivity index (χ0) is 13.7. The molecular formula is C13H16BrNO3. The highest BCUT2D eigenvalue weighted by molar-refractivity contribution is 9.10. The zero-order valence-electron chi connectivity index (χ0n) is 10.6. The first-order chi connectivity index (χ1) is 8.45. The number of nitrogens with one attached hydrogen (secondary N) is 1. The third kappa shape index (κ3) is 3.84. The van der Waals surface area contributed by atoms with Crippen LogP contribution in [0.4, 0.5) is 5.69 Å². The third-order valence-electron chi connectivity index (χ3n) is 2.50. The molecule has 98 valence electrons. The van der Waals surface area contributed by atoms with Gasteiger partial charge in [-0.3, -0.25) is 9.59 Å². The lowest BCUT2D eigenvalue weighted by atomic mass is 9.95. The Morgan fingerprint density at radius 3 is 2.50 bits per heavy atom. The highest BCUT2D eigenvalue weighted by Crippen LogP contribution is 2.19. The molecule has 1 aromatic carbocycles. The lowest BCUT2D eigenvalue weighted by Crippen LogP contribution is -2.34. The van der Waals surface area contributed by atoms with Gasteiger partial charge >= 0.3 is 5.97 Å². The maximum absolute atomic E-state index is 12.0. The Balaban J connectivity index is 2.82. The average Bonchev–Trinajstić information content (AvgIpc) is 2.28. The number of carbonyl (C=O) groups excluding carboxylic acids is 2. The predicted octanol–water partition coefficient (Wildman–Crippen LogP) is 2.83. The van der Waals surface area contributed by atoms with Crippen LogP contribution in [0.2, 0.25) is 0 Å². The molecule has 0 spiro atoms. The van der Waals surface area contributed by atoms with E-state index < -0.39 is 11.9 Å². The van der Waals surface area contributed by atoms with Crippen LogP contribution in [0.25, 0.3) is 0 Å². The second-order valence-corrected chi connectivity index (χ2v) is 5.16. The third-order valence-corrected chi connectivity index (χ3v) is 2.99. The summed E-state index contributed by atoms with van der Waals surface area (Å²) in [6.07, 6.45) is 0. The molecule has 0 radical (unpaired) electrons. The molecule has 0 aliphatic carbocycles. The molecule has 1 rings (SSSR count). The number of anilines is 1. The lowest BCUT2D eigenvalue weighted by Gasteiger charge is -2.17.